The number of ether oxygens (including phenoxy) is 1. The van der Waals surface area contributed by atoms with Crippen molar-refractivity contribution >= 4 is 23.8 Å². The van der Waals surface area contributed by atoms with Crippen LogP contribution in [0.2, 0.25) is 0 Å². The molecule has 0 aliphatic carbocycles. The molecule has 1 aromatic heterocycles. The van der Waals surface area contributed by atoms with Crippen molar-refractivity contribution in [1.82, 2.24) is 14.8 Å². The molecule has 3 rings (SSSR count). The Balaban J connectivity index is 1.66. The minimum absolute atomic E-state index is 0.0526. The molecule has 0 unspecified atom stereocenters. The summed E-state index contributed by atoms with van der Waals surface area (Å²) in [5.74, 6) is -0.190. The van der Waals surface area contributed by atoms with Gasteiger partial charge in [0.05, 0.1) is 0 Å². The van der Waals surface area contributed by atoms with E-state index in [9.17, 15) is 18.0 Å². The predicted molar refractivity (Wildman–Crippen MR) is 104 cm³/mol. The SMILES string of the molecule is Cc1ccc(-c2n[nH]c(=S)n2CCC(=O)Nc2cccc(OC(F)(F)F)c2)cc1. The van der Waals surface area contributed by atoms with E-state index in [0.29, 0.717) is 10.6 Å². The summed E-state index contributed by atoms with van der Waals surface area (Å²) >= 11 is 5.24. The van der Waals surface area contributed by atoms with Crippen LogP contribution in [0.5, 0.6) is 5.75 Å². The van der Waals surface area contributed by atoms with Gasteiger partial charge in [-0.25, -0.2) is 0 Å². The van der Waals surface area contributed by atoms with Crippen molar-refractivity contribution in [3.05, 3.63) is 58.9 Å². The van der Waals surface area contributed by atoms with Crippen molar-refractivity contribution in [2.75, 3.05) is 5.32 Å². The van der Waals surface area contributed by atoms with Gasteiger partial charge in [0.15, 0.2) is 10.6 Å². The number of hydrogen-bond acceptors (Lipinski definition) is 4. The van der Waals surface area contributed by atoms with E-state index >= 15 is 0 Å². The van der Waals surface area contributed by atoms with Gasteiger partial charge < -0.3 is 10.1 Å². The van der Waals surface area contributed by atoms with Crippen LogP contribution in [0.1, 0.15) is 12.0 Å². The maximum Gasteiger partial charge on any atom is 0.573 e. The number of aromatic amines is 1. The largest absolute Gasteiger partial charge is 0.573 e. The number of nitrogens with zero attached hydrogens (tertiary/aromatic N) is 2. The molecular weight excluding hydrogens is 405 g/mol. The Morgan fingerprint density at radius 2 is 1.97 bits per heavy atom. The molecule has 0 aliphatic heterocycles. The Labute approximate surface area is 169 Å². The summed E-state index contributed by atoms with van der Waals surface area (Å²) in [6, 6.07) is 12.8. The molecule has 3 aromatic rings. The molecule has 2 N–H and O–H groups in total. The van der Waals surface area contributed by atoms with Gasteiger partial charge in [0.2, 0.25) is 5.91 Å². The number of aromatic nitrogens is 3. The Bertz CT molecular complexity index is 1060. The van der Waals surface area contributed by atoms with E-state index in [1.54, 1.807) is 4.57 Å². The molecule has 152 valence electrons. The average molecular weight is 422 g/mol. The highest BCUT2D eigenvalue weighted by Gasteiger charge is 2.31. The van der Waals surface area contributed by atoms with Crippen LogP contribution in [0.25, 0.3) is 11.4 Å². The molecule has 0 atom stereocenters. The number of rotatable bonds is 6. The molecule has 1 heterocycles. The summed E-state index contributed by atoms with van der Waals surface area (Å²) in [4.78, 5) is 12.3. The van der Waals surface area contributed by atoms with Gasteiger partial charge in [0, 0.05) is 30.3 Å². The molecule has 29 heavy (non-hydrogen) atoms. The lowest BCUT2D eigenvalue weighted by molar-refractivity contribution is -0.274. The fourth-order valence-corrected chi connectivity index (χ4v) is 2.88. The summed E-state index contributed by atoms with van der Waals surface area (Å²) in [6.07, 6.45) is -4.75. The number of nitrogens with one attached hydrogen (secondary N) is 2. The molecule has 10 heteroatoms. The number of aryl methyl sites for hydroxylation is 1. The number of carbonyl (C=O) groups excluding carboxylic acids is 1. The third kappa shape index (κ3) is 5.67. The van der Waals surface area contributed by atoms with Crippen LogP contribution in [-0.4, -0.2) is 27.0 Å². The minimum Gasteiger partial charge on any atom is -0.406 e. The number of H-pyrrole nitrogens is 1. The van der Waals surface area contributed by atoms with Gasteiger partial charge >= 0.3 is 6.36 Å². The molecule has 0 spiro atoms. The molecule has 0 bridgehead atoms. The quantitative estimate of drug-likeness (QED) is 0.558. The Morgan fingerprint density at radius 1 is 1.24 bits per heavy atom. The fraction of sp³-hybridized carbons (Fsp3) is 0.211. The highest BCUT2D eigenvalue weighted by Crippen LogP contribution is 2.25. The molecule has 0 saturated heterocycles. The van der Waals surface area contributed by atoms with Gasteiger partial charge in [0.25, 0.3) is 0 Å². The average Bonchev–Trinajstić information content (AvgIpc) is 3.00. The zero-order valence-corrected chi connectivity index (χ0v) is 16.1. The Morgan fingerprint density at radius 3 is 2.66 bits per heavy atom. The number of carbonyl (C=O) groups is 1. The lowest BCUT2D eigenvalue weighted by Gasteiger charge is -2.11. The topological polar surface area (TPSA) is 71.9 Å². The second-order valence-corrected chi connectivity index (χ2v) is 6.63. The highest BCUT2D eigenvalue weighted by atomic mass is 32.1. The van der Waals surface area contributed by atoms with Gasteiger partial charge in [0.1, 0.15) is 5.75 Å². The van der Waals surface area contributed by atoms with Gasteiger partial charge in [-0.15, -0.1) is 13.2 Å². The number of amides is 1. The van der Waals surface area contributed by atoms with Crippen LogP contribution in [0.15, 0.2) is 48.5 Å². The molecular formula is C19H17F3N4O2S. The Kier molecular flexibility index (Phi) is 6.02. The van der Waals surface area contributed by atoms with Crippen molar-refractivity contribution in [1.29, 1.82) is 0 Å². The third-order valence-electron chi connectivity index (χ3n) is 3.98. The van der Waals surface area contributed by atoms with Gasteiger partial charge in [-0.3, -0.25) is 14.5 Å². The maximum atomic E-state index is 12.3. The van der Waals surface area contributed by atoms with E-state index in [4.69, 9.17) is 12.2 Å². The number of anilines is 1. The fourth-order valence-electron chi connectivity index (χ4n) is 2.66. The third-order valence-corrected chi connectivity index (χ3v) is 4.29. The van der Waals surface area contributed by atoms with E-state index < -0.39 is 12.1 Å². The maximum absolute atomic E-state index is 12.3. The zero-order chi connectivity index (χ0) is 21.0. The molecule has 2 aromatic carbocycles. The second kappa shape index (κ2) is 8.48. The second-order valence-electron chi connectivity index (χ2n) is 6.24. The first-order valence-corrected chi connectivity index (χ1v) is 9.00. The van der Waals surface area contributed by atoms with E-state index in [-0.39, 0.29) is 24.6 Å². The number of halogens is 3. The first kappa shape index (κ1) is 20.6. The van der Waals surface area contributed by atoms with Crippen molar-refractivity contribution in [3.63, 3.8) is 0 Å². The first-order valence-electron chi connectivity index (χ1n) is 8.59. The van der Waals surface area contributed by atoms with Crippen molar-refractivity contribution < 1.29 is 22.7 Å². The highest BCUT2D eigenvalue weighted by molar-refractivity contribution is 7.71. The first-order chi connectivity index (χ1) is 13.7. The summed E-state index contributed by atoms with van der Waals surface area (Å²) < 4.78 is 42.9. The normalized spacial score (nSPS) is 11.3. The van der Waals surface area contributed by atoms with E-state index in [1.165, 1.54) is 12.1 Å². The molecule has 0 saturated carbocycles. The summed E-state index contributed by atoms with van der Waals surface area (Å²) in [5.41, 5.74) is 2.15. The van der Waals surface area contributed by atoms with Crippen LogP contribution < -0.4 is 10.1 Å². The molecule has 0 aliphatic rings. The number of alkyl halides is 3. The van der Waals surface area contributed by atoms with Gasteiger partial charge in [-0.1, -0.05) is 35.9 Å². The monoisotopic (exact) mass is 422 g/mol. The predicted octanol–water partition coefficient (Wildman–Crippen LogP) is 4.84. The molecule has 1 amide bonds. The number of benzene rings is 2. The van der Waals surface area contributed by atoms with Crippen LogP contribution in [0, 0.1) is 11.7 Å². The molecule has 6 nitrogen and oxygen atoms in total. The van der Waals surface area contributed by atoms with Crippen LogP contribution in [0.4, 0.5) is 18.9 Å². The van der Waals surface area contributed by atoms with Crippen LogP contribution >= 0.6 is 12.2 Å². The van der Waals surface area contributed by atoms with Crippen molar-refractivity contribution in [2.45, 2.75) is 26.3 Å². The lowest BCUT2D eigenvalue weighted by atomic mass is 10.1. The van der Waals surface area contributed by atoms with Gasteiger partial charge in [-0.05, 0) is 31.3 Å². The van der Waals surface area contributed by atoms with Crippen LogP contribution in [-0.2, 0) is 11.3 Å². The lowest BCUT2D eigenvalue weighted by Crippen LogP contribution is -2.18. The standard InChI is InChI=1S/C19H17F3N4O2S/c1-12-5-7-13(8-6-12)17-24-25-18(29)26(17)10-9-16(27)23-14-3-2-4-15(11-14)28-19(20,21)22/h2-8,11H,9-10H2,1H3,(H,23,27)(H,25,29). The Hall–Kier alpha value is -3.14. The summed E-state index contributed by atoms with van der Waals surface area (Å²) in [7, 11) is 0. The number of hydrogen-bond donors (Lipinski definition) is 2. The minimum atomic E-state index is -4.80. The zero-order valence-electron chi connectivity index (χ0n) is 15.3. The summed E-state index contributed by atoms with van der Waals surface area (Å²) in [5, 5.41) is 9.48. The molecule has 0 fully saturated rings. The van der Waals surface area contributed by atoms with Crippen LogP contribution in [0.3, 0.4) is 0 Å². The van der Waals surface area contributed by atoms with E-state index in [1.807, 2.05) is 31.2 Å². The van der Waals surface area contributed by atoms with E-state index in [0.717, 1.165) is 23.3 Å². The van der Waals surface area contributed by atoms with Crippen molar-refractivity contribution in [2.24, 2.45) is 0 Å². The smallest absolute Gasteiger partial charge is 0.406 e. The van der Waals surface area contributed by atoms with E-state index in [2.05, 4.69) is 20.3 Å². The summed E-state index contributed by atoms with van der Waals surface area (Å²) in [6.45, 7) is 2.23. The molecule has 0 radical (unpaired) electrons. The van der Waals surface area contributed by atoms with Gasteiger partial charge in [-0.2, -0.15) is 5.10 Å². The van der Waals surface area contributed by atoms with Crippen molar-refractivity contribution in [3.8, 4) is 17.1 Å².